The lowest BCUT2D eigenvalue weighted by atomic mass is 9.62. The number of nitriles is 1. The molecule has 0 saturated heterocycles. The van der Waals surface area contributed by atoms with Gasteiger partial charge in [-0.1, -0.05) is 45.4 Å². The predicted molar refractivity (Wildman–Crippen MR) is 96.4 cm³/mol. The SMILES string of the molecule is CC=CC(C)(C(C)CC)C1CC(F)=C(C#N)C=C1c1ccccn1. The van der Waals surface area contributed by atoms with Crippen molar-refractivity contribution in [3.63, 3.8) is 0 Å². The van der Waals surface area contributed by atoms with Crippen molar-refractivity contribution in [1.82, 2.24) is 4.98 Å². The van der Waals surface area contributed by atoms with Crippen LogP contribution in [0.2, 0.25) is 0 Å². The maximum atomic E-state index is 14.5. The van der Waals surface area contributed by atoms with Crippen LogP contribution >= 0.6 is 0 Å². The first-order valence-corrected chi connectivity index (χ1v) is 8.53. The van der Waals surface area contributed by atoms with E-state index in [-0.39, 0.29) is 29.2 Å². The Hall–Kier alpha value is -2.21. The molecule has 1 heterocycles. The van der Waals surface area contributed by atoms with E-state index in [0.717, 1.165) is 17.7 Å². The highest BCUT2D eigenvalue weighted by atomic mass is 19.1. The molecule has 3 unspecified atom stereocenters. The smallest absolute Gasteiger partial charge is 0.118 e. The third kappa shape index (κ3) is 3.33. The molecule has 2 nitrogen and oxygen atoms in total. The minimum absolute atomic E-state index is 0.0457. The molecular weight excluding hydrogens is 299 g/mol. The summed E-state index contributed by atoms with van der Waals surface area (Å²) in [7, 11) is 0. The lowest BCUT2D eigenvalue weighted by Crippen LogP contribution is -2.34. The number of hydrogen-bond acceptors (Lipinski definition) is 2. The van der Waals surface area contributed by atoms with Gasteiger partial charge in [0.1, 0.15) is 11.9 Å². The summed E-state index contributed by atoms with van der Waals surface area (Å²) in [6.07, 6.45) is 8.91. The maximum Gasteiger partial charge on any atom is 0.118 e. The highest BCUT2D eigenvalue weighted by Gasteiger charge is 2.41. The zero-order valence-electron chi connectivity index (χ0n) is 14.9. The molecule has 1 aromatic heterocycles. The molecule has 126 valence electrons. The van der Waals surface area contributed by atoms with Gasteiger partial charge in [-0.05, 0) is 42.0 Å². The molecule has 3 atom stereocenters. The first-order chi connectivity index (χ1) is 11.5. The molecule has 0 saturated carbocycles. The summed E-state index contributed by atoms with van der Waals surface area (Å²) in [5.41, 5.74) is 1.70. The minimum Gasteiger partial charge on any atom is -0.257 e. The Morgan fingerprint density at radius 3 is 2.79 bits per heavy atom. The minimum atomic E-state index is -0.318. The number of allylic oxidation sites excluding steroid dienone is 6. The Morgan fingerprint density at radius 1 is 1.50 bits per heavy atom. The number of nitrogens with zero attached hydrogens (tertiary/aromatic N) is 2. The first-order valence-electron chi connectivity index (χ1n) is 8.53. The van der Waals surface area contributed by atoms with Crippen molar-refractivity contribution in [3.05, 3.63) is 59.7 Å². The van der Waals surface area contributed by atoms with Crippen LogP contribution in [-0.2, 0) is 0 Å². The lowest BCUT2D eigenvalue weighted by Gasteiger charge is -2.42. The Kier molecular flexibility index (Phi) is 5.72. The molecule has 2 rings (SSSR count). The molecule has 1 aromatic rings. The van der Waals surface area contributed by atoms with Crippen LogP contribution in [0.5, 0.6) is 0 Å². The van der Waals surface area contributed by atoms with Crippen molar-refractivity contribution in [2.24, 2.45) is 17.3 Å². The van der Waals surface area contributed by atoms with E-state index >= 15 is 0 Å². The van der Waals surface area contributed by atoms with Crippen LogP contribution in [-0.4, -0.2) is 4.98 Å². The Balaban J connectivity index is 2.62. The van der Waals surface area contributed by atoms with E-state index in [1.165, 1.54) is 0 Å². The van der Waals surface area contributed by atoms with E-state index in [4.69, 9.17) is 0 Å². The van der Waals surface area contributed by atoms with Gasteiger partial charge in [0, 0.05) is 18.5 Å². The van der Waals surface area contributed by atoms with Crippen LogP contribution in [0.1, 0.15) is 46.2 Å². The largest absolute Gasteiger partial charge is 0.257 e. The van der Waals surface area contributed by atoms with Gasteiger partial charge in [0.05, 0.1) is 11.3 Å². The Morgan fingerprint density at radius 2 is 2.25 bits per heavy atom. The molecule has 0 aliphatic heterocycles. The molecular formula is C21H25FN2. The Labute approximate surface area is 144 Å². The Bertz CT molecular complexity index is 709. The van der Waals surface area contributed by atoms with Crippen molar-refractivity contribution in [2.75, 3.05) is 0 Å². The summed E-state index contributed by atoms with van der Waals surface area (Å²) >= 11 is 0. The highest BCUT2D eigenvalue weighted by molar-refractivity contribution is 5.72. The second-order valence-corrected chi connectivity index (χ2v) is 6.68. The monoisotopic (exact) mass is 324 g/mol. The van der Waals surface area contributed by atoms with Gasteiger partial charge < -0.3 is 0 Å². The van der Waals surface area contributed by atoms with E-state index < -0.39 is 0 Å². The average molecular weight is 324 g/mol. The van der Waals surface area contributed by atoms with E-state index in [9.17, 15) is 9.65 Å². The number of aromatic nitrogens is 1. The van der Waals surface area contributed by atoms with Crippen LogP contribution < -0.4 is 0 Å². The molecule has 0 radical (unpaired) electrons. The number of rotatable bonds is 5. The second-order valence-electron chi connectivity index (χ2n) is 6.68. The molecule has 0 fully saturated rings. The van der Waals surface area contributed by atoms with Crippen LogP contribution in [0.15, 0.2) is 54.0 Å². The summed E-state index contributed by atoms with van der Waals surface area (Å²) in [6, 6.07) is 7.71. The van der Waals surface area contributed by atoms with Crippen molar-refractivity contribution in [1.29, 1.82) is 5.26 Å². The number of halogens is 1. The van der Waals surface area contributed by atoms with Crippen molar-refractivity contribution in [3.8, 4) is 6.07 Å². The number of hydrogen-bond donors (Lipinski definition) is 0. The molecule has 1 aliphatic rings. The van der Waals surface area contributed by atoms with Gasteiger partial charge in [0.15, 0.2) is 0 Å². The zero-order chi connectivity index (χ0) is 17.7. The molecule has 1 aliphatic carbocycles. The summed E-state index contributed by atoms with van der Waals surface area (Å²) in [4.78, 5) is 4.46. The van der Waals surface area contributed by atoms with E-state index in [1.54, 1.807) is 12.3 Å². The average Bonchev–Trinajstić information content (AvgIpc) is 2.61. The van der Waals surface area contributed by atoms with Gasteiger partial charge in [-0.3, -0.25) is 4.98 Å². The van der Waals surface area contributed by atoms with Gasteiger partial charge in [0.25, 0.3) is 0 Å². The van der Waals surface area contributed by atoms with Crippen molar-refractivity contribution in [2.45, 2.75) is 40.5 Å². The number of pyridine rings is 1. The van der Waals surface area contributed by atoms with Crippen LogP contribution in [0.4, 0.5) is 4.39 Å². The van der Waals surface area contributed by atoms with Crippen LogP contribution in [0.25, 0.3) is 5.57 Å². The first kappa shape index (κ1) is 18.1. The topological polar surface area (TPSA) is 36.7 Å². The summed E-state index contributed by atoms with van der Waals surface area (Å²) < 4.78 is 14.5. The maximum absolute atomic E-state index is 14.5. The standard InChI is InChI=1S/C21H25FN2/c1-5-10-21(4,15(3)6-2)18-13-19(22)16(14-23)12-17(18)20-9-7-8-11-24-20/h5,7-12,15,18H,6,13H2,1-4H3. The van der Waals surface area contributed by atoms with E-state index in [1.807, 2.05) is 37.3 Å². The van der Waals surface area contributed by atoms with Crippen LogP contribution in [0, 0.1) is 28.6 Å². The van der Waals surface area contributed by atoms with Crippen molar-refractivity contribution >= 4 is 5.57 Å². The van der Waals surface area contributed by atoms with Gasteiger partial charge in [-0.15, -0.1) is 0 Å². The van der Waals surface area contributed by atoms with Gasteiger partial charge >= 0.3 is 0 Å². The summed E-state index contributed by atoms with van der Waals surface area (Å²) in [6.45, 7) is 8.55. The van der Waals surface area contributed by atoms with Gasteiger partial charge in [0.2, 0.25) is 0 Å². The van der Waals surface area contributed by atoms with Crippen LogP contribution in [0.3, 0.4) is 0 Å². The predicted octanol–water partition coefficient (Wildman–Crippen LogP) is 5.86. The van der Waals surface area contributed by atoms with E-state index in [0.29, 0.717) is 5.92 Å². The normalized spacial score (nSPS) is 22.0. The third-order valence-electron chi connectivity index (χ3n) is 5.38. The molecule has 0 bridgehead atoms. The fourth-order valence-corrected chi connectivity index (χ4v) is 3.59. The molecule has 0 N–H and O–H groups in total. The van der Waals surface area contributed by atoms with Gasteiger partial charge in [-0.25, -0.2) is 4.39 Å². The summed E-state index contributed by atoms with van der Waals surface area (Å²) in [5, 5.41) is 9.25. The molecule has 24 heavy (non-hydrogen) atoms. The van der Waals surface area contributed by atoms with Crippen molar-refractivity contribution < 1.29 is 4.39 Å². The second kappa shape index (κ2) is 7.57. The van der Waals surface area contributed by atoms with E-state index in [2.05, 4.69) is 31.8 Å². The quantitative estimate of drug-likeness (QED) is 0.636. The third-order valence-corrected chi connectivity index (χ3v) is 5.38. The summed E-state index contributed by atoms with van der Waals surface area (Å²) in [5.74, 6) is 0.0131. The highest BCUT2D eigenvalue weighted by Crippen LogP contribution is 2.50. The molecule has 3 heteroatoms. The fourth-order valence-electron chi connectivity index (χ4n) is 3.59. The molecule has 0 spiro atoms. The molecule has 0 amide bonds. The fraction of sp³-hybridized carbons (Fsp3) is 0.429. The van der Waals surface area contributed by atoms with Gasteiger partial charge in [-0.2, -0.15) is 5.26 Å². The molecule has 0 aromatic carbocycles. The zero-order valence-corrected chi connectivity index (χ0v) is 14.9. The lowest BCUT2D eigenvalue weighted by molar-refractivity contribution is 0.192.